The van der Waals surface area contributed by atoms with Gasteiger partial charge in [0.1, 0.15) is 5.82 Å². The highest BCUT2D eigenvalue weighted by molar-refractivity contribution is 6.31. The Labute approximate surface area is 113 Å². The standard InChI is InChI=1S/C14H20ClN3/c1-4-10(3)16-9-14-17-12-8-11(15)6-7-13(12)18(14)5-2/h6-8,10,16H,4-5,9H2,1-3H3. The predicted octanol–water partition coefficient (Wildman–Crippen LogP) is 3.60. The third-order valence-electron chi connectivity index (χ3n) is 3.33. The molecule has 2 rings (SSSR count). The number of halogens is 1. The quantitative estimate of drug-likeness (QED) is 0.895. The summed E-state index contributed by atoms with van der Waals surface area (Å²) in [5.74, 6) is 1.08. The Hall–Kier alpha value is -1.06. The molecule has 0 saturated heterocycles. The second-order valence-corrected chi connectivity index (χ2v) is 5.03. The molecule has 0 fully saturated rings. The number of aromatic nitrogens is 2. The highest BCUT2D eigenvalue weighted by Gasteiger charge is 2.10. The minimum Gasteiger partial charge on any atom is -0.327 e. The van der Waals surface area contributed by atoms with Crippen LogP contribution in [0.2, 0.25) is 5.02 Å². The number of imidazole rings is 1. The molecule has 0 aliphatic rings. The van der Waals surface area contributed by atoms with Crippen LogP contribution >= 0.6 is 11.6 Å². The van der Waals surface area contributed by atoms with E-state index in [9.17, 15) is 0 Å². The molecule has 18 heavy (non-hydrogen) atoms. The van der Waals surface area contributed by atoms with Crippen molar-refractivity contribution in [1.29, 1.82) is 0 Å². The smallest absolute Gasteiger partial charge is 0.123 e. The van der Waals surface area contributed by atoms with Crippen molar-refractivity contribution < 1.29 is 0 Å². The molecule has 1 aromatic heterocycles. The van der Waals surface area contributed by atoms with Crippen LogP contribution in [0.4, 0.5) is 0 Å². The van der Waals surface area contributed by atoms with E-state index in [1.54, 1.807) is 0 Å². The summed E-state index contributed by atoms with van der Waals surface area (Å²) < 4.78 is 2.24. The molecule has 3 nitrogen and oxygen atoms in total. The number of hydrogen-bond donors (Lipinski definition) is 1. The Morgan fingerprint density at radius 1 is 1.39 bits per heavy atom. The lowest BCUT2D eigenvalue weighted by atomic mass is 10.2. The summed E-state index contributed by atoms with van der Waals surface area (Å²) in [5.41, 5.74) is 2.13. The molecule has 0 aliphatic heterocycles. The number of rotatable bonds is 5. The Bertz CT molecular complexity index is 533. The zero-order chi connectivity index (χ0) is 13.1. The van der Waals surface area contributed by atoms with E-state index in [0.717, 1.165) is 41.4 Å². The van der Waals surface area contributed by atoms with Gasteiger partial charge >= 0.3 is 0 Å². The van der Waals surface area contributed by atoms with E-state index in [1.165, 1.54) is 0 Å². The molecule has 1 aromatic carbocycles. The Kier molecular flexibility index (Phi) is 4.25. The number of nitrogens with one attached hydrogen (secondary N) is 1. The maximum absolute atomic E-state index is 6.01. The maximum Gasteiger partial charge on any atom is 0.123 e. The van der Waals surface area contributed by atoms with Gasteiger partial charge in [-0.25, -0.2) is 4.98 Å². The number of hydrogen-bond acceptors (Lipinski definition) is 2. The summed E-state index contributed by atoms with van der Waals surface area (Å²) in [6.45, 7) is 8.24. The van der Waals surface area contributed by atoms with E-state index in [1.807, 2.05) is 18.2 Å². The molecule has 1 atom stereocenters. The highest BCUT2D eigenvalue weighted by Crippen LogP contribution is 2.20. The molecule has 0 aliphatic carbocycles. The zero-order valence-corrected chi connectivity index (χ0v) is 12.0. The fraction of sp³-hybridized carbons (Fsp3) is 0.500. The van der Waals surface area contributed by atoms with E-state index in [4.69, 9.17) is 11.6 Å². The van der Waals surface area contributed by atoms with Crippen LogP contribution in [0.15, 0.2) is 18.2 Å². The van der Waals surface area contributed by atoms with Gasteiger partial charge in [-0.3, -0.25) is 0 Å². The lowest BCUT2D eigenvalue weighted by molar-refractivity contribution is 0.512. The topological polar surface area (TPSA) is 29.9 Å². The van der Waals surface area contributed by atoms with E-state index in [2.05, 4.69) is 35.6 Å². The molecular formula is C14H20ClN3. The summed E-state index contributed by atoms with van der Waals surface area (Å²) in [4.78, 5) is 4.67. The molecule has 1 N–H and O–H groups in total. The molecule has 2 aromatic rings. The van der Waals surface area contributed by atoms with Crippen LogP contribution in [0, 0.1) is 0 Å². The van der Waals surface area contributed by atoms with Crippen molar-refractivity contribution in [2.75, 3.05) is 0 Å². The maximum atomic E-state index is 6.01. The summed E-state index contributed by atoms with van der Waals surface area (Å²) in [6, 6.07) is 6.40. The highest BCUT2D eigenvalue weighted by atomic mass is 35.5. The first-order valence-electron chi connectivity index (χ1n) is 6.53. The van der Waals surface area contributed by atoms with Gasteiger partial charge in [0.25, 0.3) is 0 Å². The average molecular weight is 266 g/mol. The van der Waals surface area contributed by atoms with Gasteiger partial charge in [0.15, 0.2) is 0 Å². The number of aryl methyl sites for hydroxylation is 1. The SMILES string of the molecule is CCC(C)NCc1nc2cc(Cl)ccc2n1CC. The molecule has 0 saturated carbocycles. The van der Waals surface area contributed by atoms with Gasteiger partial charge in [-0.2, -0.15) is 0 Å². The second kappa shape index (κ2) is 5.72. The van der Waals surface area contributed by atoms with Crippen LogP contribution in [-0.4, -0.2) is 15.6 Å². The first-order chi connectivity index (χ1) is 8.65. The van der Waals surface area contributed by atoms with Gasteiger partial charge in [0.05, 0.1) is 17.6 Å². The zero-order valence-electron chi connectivity index (χ0n) is 11.2. The largest absolute Gasteiger partial charge is 0.327 e. The fourth-order valence-electron chi connectivity index (χ4n) is 2.05. The van der Waals surface area contributed by atoms with Crippen molar-refractivity contribution in [3.63, 3.8) is 0 Å². The molecule has 0 amide bonds. The van der Waals surface area contributed by atoms with Crippen LogP contribution in [0.25, 0.3) is 11.0 Å². The fourth-order valence-corrected chi connectivity index (χ4v) is 2.22. The second-order valence-electron chi connectivity index (χ2n) is 4.60. The van der Waals surface area contributed by atoms with Gasteiger partial charge in [0.2, 0.25) is 0 Å². The van der Waals surface area contributed by atoms with Crippen LogP contribution in [0.3, 0.4) is 0 Å². The van der Waals surface area contributed by atoms with Gasteiger partial charge in [0, 0.05) is 17.6 Å². The molecule has 4 heteroatoms. The molecule has 1 unspecified atom stereocenters. The molecule has 0 bridgehead atoms. The summed E-state index contributed by atoms with van der Waals surface area (Å²) >= 11 is 6.01. The summed E-state index contributed by atoms with van der Waals surface area (Å²) in [6.07, 6.45) is 1.12. The van der Waals surface area contributed by atoms with Crippen LogP contribution in [0.5, 0.6) is 0 Å². The Morgan fingerprint density at radius 2 is 2.17 bits per heavy atom. The Balaban J connectivity index is 2.32. The van der Waals surface area contributed by atoms with Gasteiger partial charge in [-0.15, -0.1) is 0 Å². The van der Waals surface area contributed by atoms with Crippen molar-refractivity contribution in [2.45, 2.75) is 46.3 Å². The van der Waals surface area contributed by atoms with Gasteiger partial charge < -0.3 is 9.88 Å². The number of nitrogens with zero attached hydrogens (tertiary/aromatic N) is 2. The van der Waals surface area contributed by atoms with E-state index in [-0.39, 0.29) is 0 Å². The van der Waals surface area contributed by atoms with Crippen molar-refractivity contribution in [2.24, 2.45) is 0 Å². The van der Waals surface area contributed by atoms with E-state index >= 15 is 0 Å². The molecule has 98 valence electrons. The van der Waals surface area contributed by atoms with Gasteiger partial charge in [-0.1, -0.05) is 18.5 Å². The lowest BCUT2D eigenvalue weighted by Gasteiger charge is -2.11. The minimum absolute atomic E-state index is 0.513. The van der Waals surface area contributed by atoms with Crippen LogP contribution in [0.1, 0.15) is 33.0 Å². The minimum atomic E-state index is 0.513. The monoisotopic (exact) mass is 265 g/mol. The van der Waals surface area contributed by atoms with Crippen molar-refractivity contribution >= 4 is 22.6 Å². The van der Waals surface area contributed by atoms with Crippen LogP contribution < -0.4 is 5.32 Å². The summed E-state index contributed by atoms with van der Waals surface area (Å²) in [7, 11) is 0. The van der Waals surface area contributed by atoms with Crippen molar-refractivity contribution in [3.05, 3.63) is 29.0 Å². The van der Waals surface area contributed by atoms with Crippen molar-refractivity contribution in [1.82, 2.24) is 14.9 Å². The molecule has 0 radical (unpaired) electrons. The number of fused-ring (bicyclic) bond motifs is 1. The van der Waals surface area contributed by atoms with Crippen molar-refractivity contribution in [3.8, 4) is 0 Å². The van der Waals surface area contributed by atoms with E-state index in [0.29, 0.717) is 6.04 Å². The van der Waals surface area contributed by atoms with Gasteiger partial charge in [-0.05, 0) is 38.5 Å². The molecule has 0 spiro atoms. The van der Waals surface area contributed by atoms with E-state index < -0.39 is 0 Å². The first kappa shape index (κ1) is 13.4. The summed E-state index contributed by atoms with van der Waals surface area (Å²) in [5, 5.41) is 4.22. The number of benzene rings is 1. The molecule has 1 heterocycles. The third kappa shape index (κ3) is 2.68. The van der Waals surface area contributed by atoms with Crippen LogP contribution in [-0.2, 0) is 13.1 Å². The first-order valence-corrected chi connectivity index (χ1v) is 6.91. The molecular weight excluding hydrogens is 246 g/mol. The predicted molar refractivity (Wildman–Crippen MR) is 77.0 cm³/mol. The lowest BCUT2D eigenvalue weighted by Crippen LogP contribution is -2.26. The third-order valence-corrected chi connectivity index (χ3v) is 3.56. The average Bonchev–Trinajstić information content (AvgIpc) is 2.72. The Morgan fingerprint density at radius 3 is 2.83 bits per heavy atom. The normalized spacial score (nSPS) is 13.1.